The van der Waals surface area contributed by atoms with Crippen LogP contribution < -0.4 is 11.1 Å². The van der Waals surface area contributed by atoms with E-state index in [9.17, 15) is 9.59 Å². The third-order valence-corrected chi connectivity index (χ3v) is 5.72. The van der Waals surface area contributed by atoms with Crippen molar-refractivity contribution in [3.05, 3.63) is 49.8 Å². The van der Waals surface area contributed by atoms with Crippen LogP contribution in [0.5, 0.6) is 0 Å². The van der Waals surface area contributed by atoms with Gasteiger partial charge in [-0.3, -0.25) is 9.59 Å². The number of nitrogens with two attached hydrogens (primary N) is 1. The molecule has 2 amide bonds. The van der Waals surface area contributed by atoms with E-state index >= 15 is 0 Å². The second kappa shape index (κ2) is 6.51. The fourth-order valence-corrected chi connectivity index (χ4v) is 4.39. The first-order valence-electron chi connectivity index (χ1n) is 7.14. The van der Waals surface area contributed by atoms with Gasteiger partial charge in [-0.05, 0) is 42.5 Å². The zero-order valence-corrected chi connectivity index (χ0v) is 14.4. The van der Waals surface area contributed by atoms with Gasteiger partial charge in [-0.1, -0.05) is 29.3 Å². The molecule has 1 heterocycles. The second-order valence-electron chi connectivity index (χ2n) is 5.40. The van der Waals surface area contributed by atoms with Crippen LogP contribution in [-0.2, 0) is 24.1 Å². The van der Waals surface area contributed by atoms with Crippen LogP contribution >= 0.6 is 34.5 Å². The molecule has 4 nitrogen and oxygen atoms in total. The molecule has 23 heavy (non-hydrogen) atoms. The van der Waals surface area contributed by atoms with Crippen LogP contribution in [0.25, 0.3) is 0 Å². The van der Waals surface area contributed by atoms with E-state index in [1.54, 1.807) is 18.2 Å². The third-order valence-electron chi connectivity index (χ3n) is 3.77. The number of benzene rings is 1. The zero-order chi connectivity index (χ0) is 16.6. The predicted octanol–water partition coefficient (Wildman–Crippen LogP) is 3.82. The van der Waals surface area contributed by atoms with Crippen LogP contribution in [0.1, 0.15) is 32.8 Å². The van der Waals surface area contributed by atoms with Gasteiger partial charge in [0.05, 0.1) is 22.0 Å². The average molecular weight is 369 g/mol. The molecule has 0 atom stereocenters. The van der Waals surface area contributed by atoms with E-state index < -0.39 is 5.91 Å². The summed E-state index contributed by atoms with van der Waals surface area (Å²) in [6.45, 7) is 0. The SMILES string of the molecule is NC(=O)c1c(NC(=O)Cc2ccc(Cl)c(Cl)c2)sc2c1CCC2. The summed E-state index contributed by atoms with van der Waals surface area (Å²) < 4.78 is 0. The van der Waals surface area contributed by atoms with E-state index in [1.165, 1.54) is 11.3 Å². The van der Waals surface area contributed by atoms with E-state index in [4.69, 9.17) is 28.9 Å². The molecule has 3 N–H and O–H groups in total. The van der Waals surface area contributed by atoms with Crippen molar-refractivity contribution < 1.29 is 9.59 Å². The van der Waals surface area contributed by atoms with Gasteiger partial charge in [0.2, 0.25) is 5.91 Å². The summed E-state index contributed by atoms with van der Waals surface area (Å²) in [6, 6.07) is 5.06. The minimum Gasteiger partial charge on any atom is -0.365 e. The van der Waals surface area contributed by atoms with Crippen LogP contribution in [0.4, 0.5) is 5.00 Å². The molecule has 0 bridgehead atoms. The van der Waals surface area contributed by atoms with Crippen molar-refractivity contribution in [3.63, 3.8) is 0 Å². The molecule has 120 valence electrons. The van der Waals surface area contributed by atoms with Crippen LogP contribution in [0.3, 0.4) is 0 Å². The molecular weight excluding hydrogens is 355 g/mol. The molecule has 3 rings (SSSR count). The minimum absolute atomic E-state index is 0.150. The quantitative estimate of drug-likeness (QED) is 0.860. The lowest BCUT2D eigenvalue weighted by molar-refractivity contribution is -0.115. The van der Waals surface area contributed by atoms with E-state index in [1.807, 2.05) is 0 Å². The maximum atomic E-state index is 12.2. The van der Waals surface area contributed by atoms with Gasteiger partial charge in [0.1, 0.15) is 5.00 Å². The zero-order valence-electron chi connectivity index (χ0n) is 12.1. The Labute approximate surface area is 147 Å². The predicted molar refractivity (Wildman–Crippen MR) is 93.7 cm³/mol. The number of primary amides is 1. The lowest BCUT2D eigenvalue weighted by Gasteiger charge is -2.07. The fourth-order valence-electron chi connectivity index (χ4n) is 2.76. The molecule has 2 aromatic rings. The smallest absolute Gasteiger partial charge is 0.251 e. The maximum absolute atomic E-state index is 12.2. The molecule has 1 aliphatic rings. The number of carbonyl (C=O) groups is 2. The third kappa shape index (κ3) is 3.37. The maximum Gasteiger partial charge on any atom is 0.251 e. The van der Waals surface area contributed by atoms with Gasteiger partial charge >= 0.3 is 0 Å². The number of nitrogens with one attached hydrogen (secondary N) is 1. The highest BCUT2D eigenvalue weighted by molar-refractivity contribution is 7.17. The summed E-state index contributed by atoms with van der Waals surface area (Å²) >= 11 is 13.3. The fraction of sp³-hybridized carbons (Fsp3) is 0.250. The van der Waals surface area contributed by atoms with E-state index in [0.717, 1.165) is 35.3 Å². The van der Waals surface area contributed by atoms with Crippen molar-refractivity contribution in [2.24, 2.45) is 5.73 Å². The number of anilines is 1. The van der Waals surface area contributed by atoms with Gasteiger partial charge < -0.3 is 11.1 Å². The topological polar surface area (TPSA) is 72.2 Å². The Bertz CT molecular complexity index is 802. The first-order chi connectivity index (χ1) is 11.0. The molecule has 0 saturated heterocycles. The molecular formula is C16H14Cl2N2O2S. The number of thiophene rings is 1. The molecule has 0 radical (unpaired) electrons. The van der Waals surface area contributed by atoms with Crippen molar-refractivity contribution >= 4 is 51.4 Å². The molecule has 1 aliphatic carbocycles. The summed E-state index contributed by atoms with van der Waals surface area (Å²) in [5.41, 5.74) is 7.69. The number of hydrogen-bond donors (Lipinski definition) is 2. The van der Waals surface area contributed by atoms with E-state index in [-0.39, 0.29) is 12.3 Å². The van der Waals surface area contributed by atoms with Crippen molar-refractivity contribution in [2.45, 2.75) is 25.7 Å². The highest BCUT2D eigenvalue weighted by Gasteiger charge is 2.26. The Hall–Kier alpha value is -1.56. The van der Waals surface area contributed by atoms with Crippen molar-refractivity contribution in [3.8, 4) is 0 Å². The lowest BCUT2D eigenvalue weighted by atomic mass is 10.1. The monoisotopic (exact) mass is 368 g/mol. The van der Waals surface area contributed by atoms with Gasteiger partial charge in [0.25, 0.3) is 5.91 Å². The molecule has 1 aromatic carbocycles. The molecule has 0 saturated carbocycles. The van der Waals surface area contributed by atoms with Crippen molar-refractivity contribution in [1.82, 2.24) is 0 Å². The Morgan fingerprint density at radius 2 is 2.00 bits per heavy atom. The van der Waals surface area contributed by atoms with Gasteiger partial charge in [0, 0.05) is 4.88 Å². The number of amides is 2. The number of rotatable bonds is 4. The van der Waals surface area contributed by atoms with Crippen LogP contribution in [0.2, 0.25) is 10.0 Å². The number of hydrogen-bond acceptors (Lipinski definition) is 3. The van der Waals surface area contributed by atoms with Crippen molar-refractivity contribution in [1.29, 1.82) is 0 Å². The Morgan fingerprint density at radius 3 is 2.70 bits per heavy atom. The summed E-state index contributed by atoms with van der Waals surface area (Å²) in [6.07, 6.45) is 2.95. The molecule has 0 fully saturated rings. The van der Waals surface area contributed by atoms with Crippen LogP contribution in [0.15, 0.2) is 18.2 Å². The van der Waals surface area contributed by atoms with Crippen LogP contribution in [-0.4, -0.2) is 11.8 Å². The van der Waals surface area contributed by atoms with Gasteiger partial charge in [-0.15, -0.1) is 11.3 Å². The largest absolute Gasteiger partial charge is 0.365 e. The molecule has 0 aliphatic heterocycles. The molecule has 1 aromatic heterocycles. The first-order valence-corrected chi connectivity index (χ1v) is 8.71. The summed E-state index contributed by atoms with van der Waals surface area (Å²) in [5, 5.41) is 4.21. The number of halogens is 2. The Morgan fingerprint density at radius 1 is 1.22 bits per heavy atom. The number of aryl methyl sites for hydroxylation is 1. The summed E-state index contributed by atoms with van der Waals surface area (Å²) in [5.74, 6) is -0.708. The molecule has 0 spiro atoms. The highest BCUT2D eigenvalue weighted by atomic mass is 35.5. The molecule has 0 unspecified atom stereocenters. The second-order valence-corrected chi connectivity index (χ2v) is 7.32. The molecule has 7 heteroatoms. The lowest BCUT2D eigenvalue weighted by Crippen LogP contribution is -2.19. The summed E-state index contributed by atoms with van der Waals surface area (Å²) in [4.78, 5) is 25.1. The Kier molecular flexibility index (Phi) is 4.62. The average Bonchev–Trinajstić information content (AvgIpc) is 3.02. The summed E-state index contributed by atoms with van der Waals surface area (Å²) in [7, 11) is 0. The van der Waals surface area contributed by atoms with Crippen molar-refractivity contribution in [2.75, 3.05) is 5.32 Å². The normalized spacial score (nSPS) is 13.0. The van der Waals surface area contributed by atoms with Crippen LogP contribution in [0, 0.1) is 0 Å². The highest BCUT2D eigenvalue weighted by Crippen LogP contribution is 2.38. The minimum atomic E-state index is -0.491. The van der Waals surface area contributed by atoms with E-state index in [2.05, 4.69) is 5.32 Å². The van der Waals surface area contributed by atoms with Gasteiger partial charge in [-0.25, -0.2) is 0 Å². The van der Waals surface area contributed by atoms with Gasteiger partial charge in [-0.2, -0.15) is 0 Å². The number of carbonyl (C=O) groups excluding carboxylic acids is 2. The standard InChI is InChI=1S/C16H14Cl2N2O2S/c17-10-5-4-8(6-11(10)18)7-13(21)20-16-14(15(19)22)9-2-1-3-12(9)23-16/h4-6H,1-3,7H2,(H2,19,22)(H,20,21). The Balaban J connectivity index is 1.78. The number of fused-ring (bicyclic) bond motifs is 1. The first kappa shape index (κ1) is 16.3. The van der Waals surface area contributed by atoms with Gasteiger partial charge in [0.15, 0.2) is 0 Å². The van der Waals surface area contributed by atoms with E-state index in [0.29, 0.717) is 20.6 Å².